The van der Waals surface area contributed by atoms with E-state index in [2.05, 4.69) is 5.32 Å². The van der Waals surface area contributed by atoms with Gasteiger partial charge in [0.2, 0.25) is 0 Å². The van der Waals surface area contributed by atoms with E-state index in [-0.39, 0.29) is 18.3 Å². The number of carbonyl (C=O) groups is 2. The lowest BCUT2D eigenvalue weighted by Gasteiger charge is -2.17. The Hall–Kier alpha value is -3.66. The van der Waals surface area contributed by atoms with Crippen molar-refractivity contribution in [1.29, 1.82) is 0 Å². The maximum absolute atomic E-state index is 12.6. The van der Waals surface area contributed by atoms with Crippen molar-refractivity contribution in [1.82, 2.24) is 0 Å². The maximum atomic E-state index is 12.6. The van der Waals surface area contributed by atoms with Gasteiger partial charge in [0, 0.05) is 22.4 Å². The zero-order chi connectivity index (χ0) is 18.6. The predicted octanol–water partition coefficient (Wildman–Crippen LogP) is 4.33. The van der Waals surface area contributed by atoms with Crippen LogP contribution >= 0.6 is 0 Å². The van der Waals surface area contributed by atoms with Crippen LogP contribution in [0.3, 0.4) is 0 Å². The first-order valence-electron chi connectivity index (χ1n) is 8.64. The van der Waals surface area contributed by atoms with Crippen molar-refractivity contribution >= 4 is 23.5 Å². The third kappa shape index (κ3) is 3.65. The molecule has 27 heavy (non-hydrogen) atoms. The normalized spacial score (nSPS) is 12.4. The topological polar surface area (TPSA) is 55.4 Å². The predicted molar refractivity (Wildman–Crippen MR) is 105 cm³/mol. The quantitative estimate of drug-likeness (QED) is 0.709. The first kappa shape index (κ1) is 16.8. The number of hydrogen-bond acceptors (Lipinski definition) is 3. The van der Waals surface area contributed by atoms with Crippen molar-refractivity contribution in [2.24, 2.45) is 0 Å². The summed E-state index contributed by atoms with van der Waals surface area (Å²) in [7, 11) is 0. The molecule has 0 unspecified atom stereocenters. The van der Waals surface area contributed by atoms with E-state index in [1.54, 1.807) is 36.4 Å². The molecule has 1 aliphatic heterocycles. The summed E-state index contributed by atoms with van der Waals surface area (Å²) in [5.41, 5.74) is 3.12. The molecule has 3 aromatic rings. The number of benzene rings is 3. The van der Waals surface area contributed by atoms with Crippen molar-refractivity contribution in [3.8, 4) is 5.75 Å². The van der Waals surface area contributed by atoms with Gasteiger partial charge in [0.1, 0.15) is 12.4 Å². The van der Waals surface area contributed by atoms with Gasteiger partial charge in [-0.1, -0.05) is 60.7 Å². The van der Waals surface area contributed by atoms with E-state index in [0.717, 1.165) is 11.3 Å². The average molecular weight is 355 g/mol. The summed E-state index contributed by atoms with van der Waals surface area (Å²) < 4.78 is 5.63. The Morgan fingerprint density at radius 3 is 2.41 bits per heavy atom. The Labute approximate surface area is 157 Å². The minimum atomic E-state index is -0.242. The van der Waals surface area contributed by atoms with E-state index in [4.69, 9.17) is 4.74 Å². The summed E-state index contributed by atoms with van der Waals surface area (Å²) in [5.74, 6) is 0.444. The lowest BCUT2D eigenvalue weighted by molar-refractivity contribution is -0.113. The molecular weight excluding hydrogens is 338 g/mol. The highest BCUT2D eigenvalue weighted by molar-refractivity contribution is 6.11. The van der Waals surface area contributed by atoms with E-state index in [9.17, 15) is 9.59 Å². The highest BCUT2D eigenvalue weighted by Gasteiger charge is 2.17. The van der Waals surface area contributed by atoms with Gasteiger partial charge >= 0.3 is 0 Å². The van der Waals surface area contributed by atoms with Gasteiger partial charge in [-0.15, -0.1) is 0 Å². The minimum Gasteiger partial charge on any atom is -0.488 e. The second-order valence-corrected chi connectivity index (χ2v) is 6.23. The summed E-state index contributed by atoms with van der Waals surface area (Å²) in [6, 6.07) is 23.6. The molecule has 1 amide bonds. The molecular formula is C23H17NO3. The number of para-hydroxylation sites is 1. The molecule has 0 fully saturated rings. The van der Waals surface area contributed by atoms with Crippen LogP contribution in [0.5, 0.6) is 5.75 Å². The van der Waals surface area contributed by atoms with Gasteiger partial charge in [-0.2, -0.15) is 0 Å². The standard InChI is InChI=1S/C23H17NO3/c25-22(16-7-2-1-3-8-16)18-10-6-11-20(14-18)24-23(26)19-13-17-9-4-5-12-21(17)27-15-19/h1-14H,15H2,(H,24,26). The average Bonchev–Trinajstić information content (AvgIpc) is 2.73. The second kappa shape index (κ2) is 7.30. The van der Waals surface area contributed by atoms with Gasteiger partial charge in [0.25, 0.3) is 5.91 Å². The lowest BCUT2D eigenvalue weighted by Crippen LogP contribution is -2.21. The van der Waals surface area contributed by atoms with Gasteiger partial charge in [0.05, 0.1) is 5.57 Å². The molecule has 0 aromatic heterocycles. The first-order valence-corrected chi connectivity index (χ1v) is 8.64. The second-order valence-electron chi connectivity index (χ2n) is 6.23. The van der Waals surface area contributed by atoms with Crippen LogP contribution in [0.2, 0.25) is 0 Å². The molecule has 1 aliphatic rings. The van der Waals surface area contributed by atoms with Crippen LogP contribution in [0, 0.1) is 0 Å². The van der Waals surface area contributed by atoms with E-state index in [1.165, 1.54) is 0 Å². The SMILES string of the molecule is O=C(Nc1cccc(C(=O)c2ccccc2)c1)C1=Cc2ccccc2OC1. The fraction of sp³-hybridized carbons (Fsp3) is 0.0435. The number of fused-ring (bicyclic) bond motifs is 1. The Balaban J connectivity index is 1.53. The largest absolute Gasteiger partial charge is 0.488 e. The molecule has 132 valence electrons. The van der Waals surface area contributed by atoms with Crippen LogP contribution in [0.1, 0.15) is 21.5 Å². The number of amides is 1. The molecule has 1 heterocycles. The highest BCUT2D eigenvalue weighted by Crippen LogP contribution is 2.26. The summed E-state index contributed by atoms with van der Waals surface area (Å²) in [6.07, 6.45) is 1.83. The fourth-order valence-electron chi connectivity index (χ4n) is 2.95. The molecule has 0 atom stereocenters. The minimum absolute atomic E-state index is 0.0826. The van der Waals surface area contributed by atoms with Crippen molar-refractivity contribution in [2.75, 3.05) is 11.9 Å². The van der Waals surface area contributed by atoms with Crippen LogP contribution < -0.4 is 10.1 Å². The van der Waals surface area contributed by atoms with Crippen LogP contribution in [0.25, 0.3) is 6.08 Å². The maximum Gasteiger partial charge on any atom is 0.255 e. The van der Waals surface area contributed by atoms with Crippen molar-refractivity contribution in [3.63, 3.8) is 0 Å². The molecule has 4 nitrogen and oxygen atoms in total. The van der Waals surface area contributed by atoms with Crippen LogP contribution in [0.4, 0.5) is 5.69 Å². The lowest BCUT2D eigenvalue weighted by atomic mass is 10.0. The Morgan fingerprint density at radius 1 is 0.815 bits per heavy atom. The Kier molecular flexibility index (Phi) is 4.54. The number of hydrogen-bond donors (Lipinski definition) is 1. The van der Waals surface area contributed by atoms with Gasteiger partial charge in [-0.25, -0.2) is 0 Å². The number of ketones is 1. The number of ether oxygens (including phenoxy) is 1. The molecule has 1 N–H and O–H groups in total. The van der Waals surface area contributed by atoms with Gasteiger partial charge < -0.3 is 10.1 Å². The van der Waals surface area contributed by atoms with Crippen molar-refractivity contribution < 1.29 is 14.3 Å². The third-order valence-corrected chi connectivity index (χ3v) is 4.34. The molecule has 0 aliphatic carbocycles. The zero-order valence-corrected chi connectivity index (χ0v) is 14.5. The molecule has 0 bridgehead atoms. The number of carbonyl (C=O) groups excluding carboxylic acids is 2. The molecule has 4 rings (SSSR count). The van der Waals surface area contributed by atoms with Gasteiger partial charge in [-0.05, 0) is 24.3 Å². The zero-order valence-electron chi connectivity index (χ0n) is 14.5. The van der Waals surface area contributed by atoms with E-state index in [1.807, 2.05) is 48.5 Å². The Bertz CT molecular complexity index is 1040. The molecule has 0 spiro atoms. The number of rotatable bonds is 4. The van der Waals surface area contributed by atoms with Gasteiger partial charge in [0.15, 0.2) is 5.78 Å². The van der Waals surface area contributed by atoms with E-state index < -0.39 is 0 Å². The number of anilines is 1. The summed E-state index contributed by atoms with van der Waals surface area (Å²) in [6.45, 7) is 0.214. The summed E-state index contributed by atoms with van der Waals surface area (Å²) in [4.78, 5) is 25.2. The molecule has 3 aromatic carbocycles. The van der Waals surface area contributed by atoms with E-state index >= 15 is 0 Å². The van der Waals surface area contributed by atoms with Crippen molar-refractivity contribution in [3.05, 3.63) is 101 Å². The number of nitrogens with one attached hydrogen (secondary N) is 1. The molecule has 0 radical (unpaired) electrons. The van der Waals surface area contributed by atoms with E-state index in [0.29, 0.717) is 22.4 Å². The van der Waals surface area contributed by atoms with Crippen LogP contribution in [-0.4, -0.2) is 18.3 Å². The molecule has 0 saturated heterocycles. The highest BCUT2D eigenvalue weighted by atomic mass is 16.5. The smallest absolute Gasteiger partial charge is 0.255 e. The Morgan fingerprint density at radius 2 is 1.56 bits per heavy atom. The fourth-order valence-corrected chi connectivity index (χ4v) is 2.95. The van der Waals surface area contributed by atoms with Crippen molar-refractivity contribution in [2.45, 2.75) is 0 Å². The van der Waals surface area contributed by atoms with Crippen LogP contribution in [0.15, 0.2) is 84.4 Å². The third-order valence-electron chi connectivity index (χ3n) is 4.34. The van der Waals surface area contributed by atoms with Crippen LogP contribution in [-0.2, 0) is 4.79 Å². The first-order chi connectivity index (χ1) is 13.2. The summed E-state index contributed by atoms with van der Waals surface area (Å²) >= 11 is 0. The van der Waals surface area contributed by atoms with Gasteiger partial charge in [-0.3, -0.25) is 9.59 Å². The molecule has 0 saturated carbocycles. The monoisotopic (exact) mass is 355 g/mol. The summed E-state index contributed by atoms with van der Waals surface area (Å²) in [5, 5.41) is 2.85. The molecule has 4 heteroatoms.